The second-order valence-electron chi connectivity index (χ2n) is 5.50. The molecule has 0 radical (unpaired) electrons. The molecule has 0 aromatic heterocycles. The minimum atomic E-state index is -0.151. The van der Waals surface area contributed by atoms with Crippen LogP contribution in [0, 0.1) is 5.92 Å². The fourth-order valence-corrected chi connectivity index (χ4v) is 1.68. The third-order valence-corrected chi connectivity index (χ3v) is 2.85. The van der Waals surface area contributed by atoms with E-state index in [-0.39, 0.29) is 20.5 Å². The fourth-order valence-electron chi connectivity index (χ4n) is 1.68. The van der Waals surface area contributed by atoms with Gasteiger partial charge in [-0.2, -0.15) is 0 Å². The number of carbonyl (C=O) groups is 1. The van der Waals surface area contributed by atoms with Gasteiger partial charge in [0.2, 0.25) is 5.91 Å². The number of carbonyl (C=O) groups excluding carboxylic acids is 1. The first kappa shape index (κ1) is 26.5. The summed E-state index contributed by atoms with van der Waals surface area (Å²) in [7, 11) is 0. The summed E-state index contributed by atoms with van der Waals surface area (Å²) in [6.45, 7) is 12.2. The predicted octanol–water partition coefficient (Wildman–Crippen LogP) is 1.87. The zero-order valence-electron chi connectivity index (χ0n) is 16.6. The van der Waals surface area contributed by atoms with Crippen molar-refractivity contribution in [3.8, 4) is 0 Å². The highest BCUT2D eigenvalue weighted by Crippen LogP contribution is 2.02. The Bertz CT molecular complexity index is 270. The van der Waals surface area contributed by atoms with Gasteiger partial charge in [-0.05, 0) is 18.8 Å². The van der Waals surface area contributed by atoms with Crippen molar-refractivity contribution in [3.63, 3.8) is 0 Å². The first-order valence-electron chi connectivity index (χ1n) is 9.35. The van der Waals surface area contributed by atoms with Gasteiger partial charge >= 0.3 is 0 Å². The highest BCUT2D eigenvalue weighted by Gasteiger charge is 2.01. The Kier molecular flexibility index (Phi) is 24.7. The molecule has 0 atom stereocenters. The number of rotatable bonds is 17. The summed E-state index contributed by atoms with van der Waals surface area (Å²) in [6.07, 6.45) is 2.22. The Balaban J connectivity index is -0.00000170. The van der Waals surface area contributed by atoms with Gasteiger partial charge in [-0.3, -0.25) is 4.79 Å². The van der Waals surface area contributed by atoms with E-state index in [9.17, 15) is 4.79 Å². The maximum atomic E-state index is 11.5. The largest absolute Gasteiger partial charge is 0.394 e. The van der Waals surface area contributed by atoms with E-state index in [0.29, 0.717) is 52.1 Å². The molecule has 0 heterocycles. The van der Waals surface area contributed by atoms with Gasteiger partial charge in [-0.1, -0.05) is 27.7 Å². The first-order chi connectivity index (χ1) is 12.2. The average molecular weight is 368 g/mol. The minimum absolute atomic E-state index is 0. The molecular formula is C18H41NO6. The van der Waals surface area contributed by atoms with Crippen LogP contribution in [-0.2, 0) is 23.7 Å². The van der Waals surface area contributed by atoms with Crippen LogP contribution in [-0.4, -0.2) is 77.0 Å². The molecule has 0 rings (SSSR count). The average Bonchev–Trinajstić information content (AvgIpc) is 2.61. The lowest BCUT2D eigenvalue weighted by molar-refractivity contribution is -0.126. The Hall–Kier alpha value is -0.730. The predicted molar refractivity (Wildman–Crippen MR) is 101 cm³/mol. The molecule has 1 amide bonds. The van der Waals surface area contributed by atoms with E-state index in [2.05, 4.69) is 19.2 Å². The normalized spacial score (nSPS) is 10.5. The smallest absolute Gasteiger partial charge is 0.246 e. The van der Waals surface area contributed by atoms with Crippen LogP contribution in [0.2, 0.25) is 0 Å². The molecule has 2 N–H and O–H groups in total. The summed E-state index contributed by atoms with van der Waals surface area (Å²) in [4.78, 5) is 11.5. The number of hydrogen-bond donors (Lipinski definition) is 2. The van der Waals surface area contributed by atoms with E-state index >= 15 is 0 Å². The van der Waals surface area contributed by atoms with Crippen LogP contribution >= 0.6 is 0 Å². The van der Waals surface area contributed by atoms with Crippen molar-refractivity contribution >= 4 is 5.91 Å². The Labute approximate surface area is 154 Å². The lowest BCUT2D eigenvalue weighted by Gasteiger charge is -2.08. The molecule has 154 valence electrons. The zero-order chi connectivity index (χ0) is 19.2. The third kappa shape index (κ3) is 25.6. The van der Waals surface area contributed by atoms with Crippen LogP contribution in [0.3, 0.4) is 0 Å². The van der Waals surface area contributed by atoms with Crippen molar-refractivity contribution in [2.24, 2.45) is 5.92 Å². The van der Waals surface area contributed by atoms with Gasteiger partial charge in [0.05, 0.1) is 46.2 Å². The molecule has 0 spiro atoms. The van der Waals surface area contributed by atoms with Crippen molar-refractivity contribution < 1.29 is 30.3 Å². The van der Waals surface area contributed by atoms with Gasteiger partial charge in [0.15, 0.2) is 0 Å². The van der Waals surface area contributed by atoms with Crippen LogP contribution in [0.4, 0.5) is 0 Å². The van der Waals surface area contributed by atoms with E-state index in [1.54, 1.807) is 0 Å². The van der Waals surface area contributed by atoms with Crippen LogP contribution < -0.4 is 5.32 Å². The first-order valence-corrected chi connectivity index (χ1v) is 9.35. The van der Waals surface area contributed by atoms with E-state index in [0.717, 1.165) is 19.4 Å². The van der Waals surface area contributed by atoms with Crippen molar-refractivity contribution in [1.82, 2.24) is 5.32 Å². The molecule has 7 heteroatoms. The van der Waals surface area contributed by atoms with Crippen molar-refractivity contribution in [2.45, 2.75) is 40.5 Å². The van der Waals surface area contributed by atoms with Gasteiger partial charge in [0.25, 0.3) is 0 Å². The van der Waals surface area contributed by atoms with Crippen LogP contribution in [0.5, 0.6) is 0 Å². The standard InChI is InChI=1S/C16H33NO6.C2H6.H2/c1-15(2)4-3-7-20-8-5-17-16(19)14-23-13-12-22-11-10-21-9-6-18;1-2;/h15,18H,3-14H2,1-2H3,(H,17,19);1-2H3;1H. The van der Waals surface area contributed by atoms with Gasteiger partial charge in [-0.15, -0.1) is 0 Å². The van der Waals surface area contributed by atoms with Gasteiger partial charge in [-0.25, -0.2) is 0 Å². The monoisotopic (exact) mass is 367 g/mol. The molecule has 25 heavy (non-hydrogen) atoms. The summed E-state index contributed by atoms with van der Waals surface area (Å²) < 4.78 is 20.9. The van der Waals surface area contributed by atoms with E-state index in [4.69, 9.17) is 24.1 Å². The molecule has 0 aliphatic heterocycles. The highest BCUT2D eigenvalue weighted by molar-refractivity contribution is 5.77. The molecule has 0 aliphatic rings. The third-order valence-electron chi connectivity index (χ3n) is 2.85. The Morgan fingerprint density at radius 3 is 2.08 bits per heavy atom. The minimum Gasteiger partial charge on any atom is -0.394 e. The summed E-state index contributed by atoms with van der Waals surface area (Å²) in [5.74, 6) is 0.551. The lowest BCUT2D eigenvalue weighted by atomic mass is 10.1. The Morgan fingerprint density at radius 2 is 1.48 bits per heavy atom. The lowest BCUT2D eigenvalue weighted by Crippen LogP contribution is -2.31. The Morgan fingerprint density at radius 1 is 0.920 bits per heavy atom. The van der Waals surface area contributed by atoms with Crippen LogP contribution in [0.15, 0.2) is 0 Å². The zero-order valence-corrected chi connectivity index (χ0v) is 16.6. The van der Waals surface area contributed by atoms with E-state index < -0.39 is 0 Å². The second-order valence-corrected chi connectivity index (χ2v) is 5.50. The molecule has 0 aliphatic carbocycles. The SMILES string of the molecule is CC.CC(C)CCCOCCNC(=O)COCCOCCOCCO.[HH]. The molecular weight excluding hydrogens is 326 g/mol. The summed E-state index contributed by atoms with van der Waals surface area (Å²) in [5.41, 5.74) is 0. The number of nitrogens with one attached hydrogen (secondary N) is 1. The molecule has 0 saturated carbocycles. The molecule has 0 saturated heterocycles. The second kappa shape index (κ2) is 23.3. The van der Waals surface area contributed by atoms with Crippen LogP contribution in [0.25, 0.3) is 0 Å². The number of hydrogen-bond acceptors (Lipinski definition) is 6. The molecule has 7 nitrogen and oxygen atoms in total. The quantitative estimate of drug-likeness (QED) is 0.382. The maximum Gasteiger partial charge on any atom is 0.246 e. The molecule has 0 fully saturated rings. The number of ether oxygens (including phenoxy) is 4. The van der Waals surface area contributed by atoms with Crippen LogP contribution in [0.1, 0.15) is 42.0 Å². The molecule has 0 unspecified atom stereocenters. The van der Waals surface area contributed by atoms with E-state index in [1.165, 1.54) is 0 Å². The van der Waals surface area contributed by atoms with Crippen molar-refractivity contribution in [3.05, 3.63) is 0 Å². The molecule has 0 aromatic carbocycles. The maximum absolute atomic E-state index is 11.5. The number of amides is 1. The summed E-state index contributed by atoms with van der Waals surface area (Å²) in [6, 6.07) is 0. The molecule has 0 bridgehead atoms. The summed E-state index contributed by atoms with van der Waals surface area (Å²) in [5, 5.41) is 11.2. The summed E-state index contributed by atoms with van der Waals surface area (Å²) >= 11 is 0. The van der Waals surface area contributed by atoms with Crippen molar-refractivity contribution in [1.29, 1.82) is 0 Å². The number of aliphatic hydroxyl groups excluding tert-OH is 1. The van der Waals surface area contributed by atoms with Gasteiger partial charge < -0.3 is 29.4 Å². The topological polar surface area (TPSA) is 86.3 Å². The van der Waals surface area contributed by atoms with E-state index in [1.807, 2.05) is 13.8 Å². The highest BCUT2D eigenvalue weighted by atomic mass is 16.5. The van der Waals surface area contributed by atoms with Crippen molar-refractivity contribution in [2.75, 3.05) is 66.0 Å². The van der Waals surface area contributed by atoms with Gasteiger partial charge in [0.1, 0.15) is 6.61 Å². The number of aliphatic hydroxyl groups is 1. The fraction of sp³-hybridized carbons (Fsp3) is 0.944. The molecule has 0 aromatic rings. The van der Waals surface area contributed by atoms with Gasteiger partial charge in [0, 0.05) is 14.6 Å².